The van der Waals surface area contributed by atoms with Crippen LogP contribution < -0.4 is 4.74 Å². The summed E-state index contributed by atoms with van der Waals surface area (Å²) in [5, 5.41) is 0.616. The minimum Gasteiger partial charge on any atom is -0.490 e. The van der Waals surface area contributed by atoms with E-state index in [-0.39, 0.29) is 6.29 Å². The average molecular weight is 245 g/mol. The largest absolute Gasteiger partial charge is 0.490 e. The molecule has 0 aliphatic heterocycles. The Kier molecular flexibility index (Phi) is 5.60. The summed E-state index contributed by atoms with van der Waals surface area (Å²) in [7, 11) is 1.60. The first-order valence-corrected chi connectivity index (χ1v) is 5.54. The number of aryl methyl sites for hydroxylation is 1. The van der Waals surface area contributed by atoms with Crippen molar-refractivity contribution in [1.29, 1.82) is 0 Å². The van der Waals surface area contributed by atoms with E-state index in [4.69, 9.17) is 25.8 Å². The molecular formula is C12H17ClO3. The van der Waals surface area contributed by atoms with Gasteiger partial charge in [-0.2, -0.15) is 0 Å². The van der Waals surface area contributed by atoms with Crippen molar-refractivity contribution in [3.63, 3.8) is 0 Å². The van der Waals surface area contributed by atoms with Crippen LogP contribution in [-0.2, 0) is 9.47 Å². The molecule has 0 aliphatic carbocycles. The summed E-state index contributed by atoms with van der Waals surface area (Å²) in [6.07, 6.45) is -0.211. The predicted molar refractivity (Wildman–Crippen MR) is 64.1 cm³/mol. The van der Waals surface area contributed by atoms with Gasteiger partial charge in [-0.3, -0.25) is 0 Å². The zero-order valence-corrected chi connectivity index (χ0v) is 10.6. The molecule has 1 unspecified atom stereocenters. The summed E-state index contributed by atoms with van der Waals surface area (Å²) in [4.78, 5) is 0. The monoisotopic (exact) mass is 244 g/mol. The molecule has 1 rings (SSSR count). The topological polar surface area (TPSA) is 27.7 Å². The smallest absolute Gasteiger partial charge is 0.154 e. The van der Waals surface area contributed by atoms with Gasteiger partial charge in [0.2, 0.25) is 0 Å². The molecule has 1 aromatic rings. The second kappa shape index (κ2) is 6.74. The molecule has 0 fully saturated rings. The van der Waals surface area contributed by atoms with Crippen LogP contribution in [0, 0.1) is 6.92 Å². The quantitative estimate of drug-likeness (QED) is 0.569. The van der Waals surface area contributed by atoms with Gasteiger partial charge in [0.25, 0.3) is 0 Å². The van der Waals surface area contributed by atoms with Crippen molar-refractivity contribution in [3.05, 3.63) is 28.8 Å². The van der Waals surface area contributed by atoms with Crippen LogP contribution in [-0.4, -0.2) is 26.6 Å². The van der Waals surface area contributed by atoms with Crippen LogP contribution in [0.15, 0.2) is 18.2 Å². The van der Waals surface area contributed by atoms with Crippen molar-refractivity contribution in [2.45, 2.75) is 20.1 Å². The summed E-state index contributed by atoms with van der Waals surface area (Å²) in [6, 6.07) is 5.67. The number of halogens is 1. The minimum atomic E-state index is -0.211. The first kappa shape index (κ1) is 13.3. The van der Waals surface area contributed by atoms with E-state index < -0.39 is 0 Å². The van der Waals surface area contributed by atoms with E-state index in [1.54, 1.807) is 7.11 Å². The summed E-state index contributed by atoms with van der Waals surface area (Å²) in [6.45, 7) is 4.75. The Hall–Kier alpha value is -0.770. The summed E-state index contributed by atoms with van der Waals surface area (Å²) >= 11 is 5.97. The van der Waals surface area contributed by atoms with E-state index in [1.165, 1.54) is 0 Å². The van der Waals surface area contributed by atoms with Crippen molar-refractivity contribution in [2.24, 2.45) is 0 Å². The standard InChI is InChI=1S/C12H17ClO3/c1-9-4-5-11(13)12(8-9)16-7-6-15-10(2)14-3/h4-5,8,10H,6-7H2,1-3H3. The molecule has 0 saturated carbocycles. The average Bonchev–Trinajstić information content (AvgIpc) is 2.28. The van der Waals surface area contributed by atoms with Crippen LogP contribution in [0.25, 0.3) is 0 Å². The lowest BCUT2D eigenvalue weighted by Gasteiger charge is -2.12. The number of hydrogen-bond acceptors (Lipinski definition) is 3. The van der Waals surface area contributed by atoms with Gasteiger partial charge < -0.3 is 14.2 Å². The fourth-order valence-electron chi connectivity index (χ4n) is 1.15. The first-order valence-electron chi connectivity index (χ1n) is 5.17. The highest BCUT2D eigenvalue weighted by atomic mass is 35.5. The lowest BCUT2D eigenvalue weighted by Crippen LogP contribution is -2.15. The Bertz CT molecular complexity index is 328. The molecule has 0 amide bonds. The molecule has 90 valence electrons. The van der Waals surface area contributed by atoms with Crippen LogP contribution in [0.3, 0.4) is 0 Å². The second-order valence-corrected chi connectivity index (χ2v) is 3.86. The van der Waals surface area contributed by atoms with E-state index in [9.17, 15) is 0 Å². The predicted octanol–water partition coefficient (Wildman–Crippen LogP) is 3.04. The van der Waals surface area contributed by atoms with Crippen molar-refractivity contribution < 1.29 is 14.2 Å². The molecule has 3 nitrogen and oxygen atoms in total. The zero-order chi connectivity index (χ0) is 12.0. The molecule has 0 bridgehead atoms. The maximum absolute atomic E-state index is 5.97. The Balaban J connectivity index is 2.34. The fourth-order valence-corrected chi connectivity index (χ4v) is 1.33. The third kappa shape index (κ3) is 4.39. The second-order valence-electron chi connectivity index (χ2n) is 3.46. The van der Waals surface area contributed by atoms with E-state index in [2.05, 4.69) is 0 Å². The van der Waals surface area contributed by atoms with Gasteiger partial charge in [-0.05, 0) is 31.5 Å². The summed E-state index contributed by atoms with van der Waals surface area (Å²) in [5.74, 6) is 0.690. The van der Waals surface area contributed by atoms with E-state index in [0.29, 0.717) is 24.0 Å². The molecule has 16 heavy (non-hydrogen) atoms. The molecule has 0 aromatic heterocycles. The van der Waals surface area contributed by atoms with Crippen LogP contribution in [0.5, 0.6) is 5.75 Å². The zero-order valence-electron chi connectivity index (χ0n) is 9.83. The Morgan fingerprint density at radius 3 is 2.75 bits per heavy atom. The van der Waals surface area contributed by atoms with Gasteiger partial charge in [-0.25, -0.2) is 0 Å². The van der Waals surface area contributed by atoms with Crippen molar-refractivity contribution in [1.82, 2.24) is 0 Å². The van der Waals surface area contributed by atoms with Gasteiger partial charge in [0.1, 0.15) is 12.4 Å². The molecule has 0 spiro atoms. The summed E-state index contributed by atoms with van der Waals surface area (Å²) < 4.78 is 15.7. The minimum absolute atomic E-state index is 0.211. The van der Waals surface area contributed by atoms with Crippen LogP contribution in [0.1, 0.15) is 12.5 Å². The maximum atomic E-state index is 5.97. The van der Waals surface area contributed by atoms with Crippen LogP contribution >= 0.6 is 11.6 Å². The van der Waals surface area contributed by atoms with E-state index in [0.717, 1.165) is 5.56 Å². The molecule has 0 N–H and O–H groups in total. The molecule has 1 atom stereocenters. The SMILES string of the molecule is COC(C)OCCOc1cc(C)ccc1Cl. The molecule has 0 aliphatic rings. The first-order chi connectivity index (χ1) is 7.63. The number of hydrogen-bond donors (Lipinski definition) is 0. The normalized spacial score (nSPS) is 12.5. The van der Waals surface area contributed by atoms with Crippen LogP contribution in [0.2, 0.25) is 5.02 Å². The van der Waals surface area contributed by atoms with E-state index in [1.807, 2.05) is 32.0 Å². The molecule has 0 radical (unpaired) electrons. The van der Waals surface area contributed by atoms with Gasteiger partial charge in [0.15, 0.2) is 6.29 Å². The lowest BCUT2D eigenvalue weighted by atomic mass is 10.2. The molecule has 4 heteroatoms. The van der Waals surface area contributed by atoms with Crippen molar-refractivity contribution >= 4 is 11.6 Å². The molecule has 0 heterocycles. The van der Waals surface area contributed by atoms with Gasteiger partial charge in [0, 0.05) is 7.11 Å². The Labute approximate surface area is 101 Å². The van der Waals surface area contributed by atoms with Crippen molar-refractivity contribution in [2.75, 3.05) is 20.3 Å². The van der Waals surface area contributed by atoms with Gasteiger partial charge in [-0.1, -0.05) is 17.7 Å². The van der Waals surface area contributed by atoms with Gasteiger partial charge >= 0.3 is 0 Å². The highest BCUT2D eigenvalue weighted by Gasteiger charge is 2.02. The molecule has 1 aromatic carbocycles. The molecular weight excluding hydrogens is 228 g/mol. The highest BCUT2D eigenvalue weighted by Crippen LogP contribution is 2.24. The number of rotatable bonds is 6. The molecule has 0 saturated heterocycles. The van der Waals surface area contributed by atoms with Gasteiger partial charge in [0.05, 0.1) is 11.6 Å². The number of methoxy groups -OCH3 is 1. The summed E-state index contributed by atoms with van der Waals surface area (Å²) in [5.41, 5.74) is 1.12. The maximum Gasteiger partial charge on any atom is 0.154 e. The Morgan fingerprint density at radius 2 is 2.06 bits per heavy atom. The van der Waals surface area contributed by atoms with Crippen LogP contribution in [0.4, 0.5) is 0 Å². The van der Waals surface area contributed by atoms with Crippen molar-refractivity contribution in [3.8, 4) is 5.75 Å². The van der Waals surface area contributed by atoms with Gasteiger partial charge in [-0.15, -0.1) is 0 Å². The number of ether oxygens (including phenoxy) is 3. The Morgan fingerprint density at radius 1 is 1.31 bits per heavy atom. The lowest BCUT2D eigenvalue weighted by molar-refractivity contribution is -0.115. The fraction of sp³-hybridized carbons (Fsp3) is 0.500. The van der Waals surface area contributed by atoms with E-state index >= 15 is 0 Å². The third-order valence-electron chi connectivity index (χ3n) is 2.11. The highest BCUT2D eigenvalue weighted by molar-refractivity contribution is 6.32. The number of benzene rings is 1. The third-order valence-corrected chi connectivity index (χ3v) is 2.42.